The highest BCUT2D eigenvalue weighted by atomic mass is 16.5. The molecule has 0 radical (unpaired) electrons. The molecular weight excluding hydrogens is 268 g/mol. The van der Waals surface area contributed by atoms with E-state index in [9.17, 15) is 4.79 Å². The number of nitrogens with zero attached hydrogens (tertiary/aromatic N) is 4. The lowest BCUT2D eigenvalue weighted by Crippen LogP contribution is -2.11. The number of esters is 1. The Morgan fingerprint density at radius 3 is 2.62 bits per heavy atom. The third-order valence-electron chi connectivity index (χ3n) is 3.24. The third kappa shape index (κ3) is 3.26. The quantitative estimate of drug-likeness (QED) is 0.759. The van der Waals surface area contributed by atoms with Crippen molar-refractivity contribution in [1.29, 1.82) is 0 Å². The SMILES string of the molecule is CCOC(=O)Cc1c(CC)nn(-c2cnccn2)c1CC. The van der Waals surface area contributed by atoms with Gasteiger partial charge in [0.1, 0.15) is 0 Å². The van der Waals surface area contributed by atoms with E-state index in [2.05, 4.69) is 15.1 Å². The van der Waals surface area contributed by atoms with Crippen LogP contribution in [0, 0.1) is 0 Å². The van der Waals surface area contributed by atoms with Crippen molar-refractivity contribution in [3.63, 3.8) is 0 Å². The molecular formula is C15H20N4O2. The van der Waals surface area contributed by atoms with Crippen LogP contribution >= 0.6 is 0 Å². The van der Waals surface area contributed by atoms with Gasteiger partial charge in [0, 0.05) is 23.7 Å². The lowest BCUT2D eigenvalue weighted by atomic mass is 10.1. The van der Waals surface area contributed by atoms with E-state index in [0.29, 0.717) is 12.4 Å². The molecule has 0 atom stereocenters. The predicted molar refractivity (Wildman–Crippen MR) is 78.2 cm³/mol. The summed E-state index contributed by atoms with van der Waals surface area (Å²) in [5.74, 6) is 0.444. The molecule has 2 aromatic heterocycles. The standard InChI is InChI=1S/C15H20N4O2/c1-4-12-11(9-15(20)21-6-3)13(5-2)19(18-12)14-10-16-7-8-17-14/h7-8,10H,4-6,9H2,1-3H3. The molecule has 0 unspecified atom stereocenters. The van der Waals surface area contributed by atoms with Crippen molar-refractivity contribution >= 4 is 5.97 Å². The maximum absolute atomic E-state index is 11.8. The van der Waals surface area contributed by atoms with Gasteiger partial charge in [0.2, 0.25) is 0 Å². The van der Waals surface area contributed by atoms with Crippen LogP contribution in [0.4, 0.5) is 0 Å². The largest absolute Gasteiger partial charge is 0.466 e. The molecule has 0 aliphatic carbocycles. The molecule has 0 saturated heterocycles. The molecule has 0 aromatic carbocycles. The highest BCUT2D eigenvalue weighted by molar-refractivity contribution is 5.73. The lowest BCUT2D eigenvalue weighted by Gasteiger charge is -2.06. The molecule has 6 heteroatoms. The molecule has 0 saturated carbocycles. The number of carbonyl (C=O) groups excluding carboxylic acids is 1. The average Bonchev–Trinajstić information content (AvgIpc) is 2.86. The van der Waals surface area contributed by atoms with Gasteiger partial charge in [-0.3, -0.25) is 9.78 Å². The van der Waals surface area contributed by atoms with E-state index in [0.717, 1.165) is 29.8 Å². The van der Waals surface area contributed by atoms with Crippen LogP contribution < -0.4 is 0 Å². The number of rotatable bonds is 6. The zero-order valence-corrected chi connectivity index (χ0v) is 12.7. The van der Waals surface area contributed by atoms with Crippen LogP contribution in [0.3, 0.4) is 0 Å². The molecule has 0 amide bonds. The molecule has 112 valence electrons. The summed E-state index contributed by atoms with van der Waals surface area (Å²) >= 11 is 0. The maximum Gasteiger partial charge on any atom is 0.310 e. The van der Waals surface area contributed by atoms with Gasteiger partial charge < -0.3 is 4.74 Å². The number of aryl methyl sites for hydroxylation is 1. The van der Waals surface area contributed by atoms with Crippen LogP contribution in [0.15, 0.2) is 18.6 Å². The van der Waals surface area contributed by atoms with E-state index >= 15 is 0 Å². The summed E-state index contributed by atoms with van der Waals surface area (Å²) in [5.41, 5.74) is 2.84. The molecule has 0 N–H and O–H groups in total. The smallest absolute Gasteiger partial charge is 0.310 e. The van der Waals surface area contributed by atoms with Crippen molar-refractivity contribution in [2.24, 2.45) is 0 Å². The first-order valence-corrected chi connectivity index (χ1v) is 7.22. The van der Waals surface area contributed by atoms with E-state index in [1.54, 1.807) is 23.3 Å². The minimum Gasteiger partial charge on any atom is -0.466 e. The summed E-state index contributed by atoms with van der Waals surface area (Å²) in [6.45, 7) is 6.26. The van der Waals surface area contributed by atoms with Gasteiger partial charge in [-0.15, -0.1) is 0 Å². The molecule has 0 aliphatic heterocycles. The summed E-state index contributed by atoms with van der Waals surface area (Å²) in [6, 6.07) is 0. The molecule has 0 spiro atoms. The minimum atomic E-state index is -0.222. The molecule has 2 rings (SSSR count). The van der Waals surface area contributed by atoms with Gasteiger partial charge in [-0.05, 0) is 19.8 Å². The molecule has 2 aromatic rings. The highest BCUT2D eigenvalue weighted by Gasteiger charge is 2.20. The van der Waals surface area contributed by atoms with Crippen molar-refractivity contribution in [2.45, 2.75) is 40.0 Å². The fourth-order valence-electron chi connectivity index (χ4n) is 2.33. The zero-order valence-electron chi connectivity index (χ0n) is 12.7. The van der Waals surface area contributed by atoms with Crippen LogP contribution in [0.25, 0.3) is 5.82 Å². The molecule has 0 bridgehead atoms. The van der Waals surface area contributed by atoms with Gasteiger partial charge in [0.15, 0.2) is 5.82 Å². The second-order valence-electron chi connectivity index (χ2n) is 4.54. The summed E-state index contributed by atoms with van der Waals surface area (Å²) in [5, 5.41) is 4.59. The summed E-state index contributed by atoms with van der Waals surface area (Å²) in [6.07, 6.45) is 6.69. The van der Waals surface area contributed by atoms with Gasteiger partial charge in [-0.25, -0.2) is 9.67 Å². The van der Waals surface area contributed by atoms with Gasteiger partial charge in [0.05, 0.1) is 24.9 Å². The van der Waals surface area contributed by atoms with E-state index in [1.807, 2.05) is 20.8 Å². The Hall–Kier alpha value is -2.24. The maximum atomic E-state index is 11.8. The summed E-state index contributed by atoms with van der Waals surface area (Å²) in [4.78, 5) is 20.2. The lowest BCUT2D eigenvalue weighted by molar-refractivity contribution is -0.142. The van der Waals surface area contributed by atoms with Crippen LogP contribution in [0.2, 0.25) is 0 Å². The van der Waals surface area contributed by atoms with Crippen molar-refractivity contribution in [3.05, 3.63) is 35.5 Å². The first-order chi connectivity index (χ1) is 10.2. The van der Waals surface area contributed by atoms with Crippen LogP contribution in [0.1, 0.15) is 37.7 Å². The molecule has 0 fully saturated rings. The van der Waals surface area contributed by atoms with E-state index in [4.69, 9.17) is 4.74 Å². The predicted octanol–water partition coefficient (Wildman–Crippen LogP) is 1.89. The molecule has 21 heavy (non-hydrogen) atoms. The van der Waals surface area contributed by atoms with E-state index < -0.39 is 0 Å². The van der Waals surface area contributed by atoms with Crippen molar-refractivity contribution in [3.8, 4) is 5.82 Å². The number of ether oxygens (including phenoxy) is 1. The summed E-state index contributed by atoms with van der Waals surface area (Å²) in [7, 11) is 0. The Morgan fingerprint density at radius 2 is 2.05 bits per heavy atom. The van der Waals surface area contributed by atoms with Gasteiger partial charge in [0.25, 0.3) is 0 Å². The Balaban J connectivity index is 2.44. The van der Waals surface area contributed by atoms with Crippen molar-refractivity contribution in [2.75, 3.05) is 6.61 Å². The normalized spacial score (nSPS) is 10.6. The average molecular weight is 288 g/mol. The second kappa shape index (κ2) is 6.97. The Labute approximate surface area is 124 Å². The van der Waals surface area contributed by atoms with Crippen molar-refractivity contribution < 1.29 is 9.53 Å². The third-order valence-corrected chi connectivity index (χ3v) is 3.24. The molecule has 2 heterocycles. The topological polar surface area (TPSA) is 69.9 Å². The van der Waals surface area contributed by atoms with Gasteiger partial charge in [-0.2, -0.15) is 5.10 Å². The zero-order chi connectivity index (χ0) is 15.2. The molecule has 0 aliphatic rings. The van der Waals surface area contributed by atoms with Gasteiger partial charge in [-0.1, -0.05) is 13.8 Å². The van der Waals surface area contributed by atoms with Gasteiger partial charge >= 0.3 is 5.97 Å². The Morgan fingerprint density at radius 1 is 1.24 bits per heavy atom. The highest BCUT2D eigenvalue weighted by Crippen LogP contribution is 2.20. The number of hydrogen-bond donors (Lipinski definition) is 0. The fourth-order valence-corrected chi connectivity index (χ4v) is 2.33. The van der Waals surface area contributed by atoms with Crippen LogP contribution in [-0.4, -0.2) is 32.3 Å². The first-order valence-electron chi connectivity index (χ1n) is 7.22. The van der Waals surface area contributed by atoms with Crippen LogP contribution in [0.5, 0.6) is 0 Å². The second-order valence-corrected chi connectivity index (χ2v) is 4.54. The summed E-state index contributed by atoms with van der Waals surface area (Å²) < 4.78 is 6.83. The Bertz CT molecular complexity index is 608. The Kier molecular flexibility index (Phi) is 5.03. The van der Waals surface area contributed by atoms with E-state index in [1.165, 1.54) is 0 Å². The monoisotopic (exact) mass is 288 g/mol. The fraction of sp³-hybridized carbons (Fsp3) is 0.467. The van der Waals surface area contributed by atoms with E-state index in [-0.39, 0.29) is 12.4 Å². The molecule has 6 nitrogen and oxygen atoms in total. The first kappa shape index (κ1) is 15.2. The number of aromatic nitrogens is 4. The number of carbonyl (C=O) groups is 1. The van der Waals surface area contributed by atoms with Crippen molar-refractivity contribution in [1.82, 2.24) is 19.7 Å². The number of hydrogen-bond acceptors (Lipinski definition) is 5. The minimum absolute atomic E-state index is 0.222. The van der Waals surface area contributed by atoms with Crippen LogP contribution in [-0.2, 0) is 28.8 Å².